The number of nitrogen functional groups attached to an aromatic ring is 1. The number of carbonyl (C=O) groups excluding carboxylic acids is 2. The first-order valence-electron chi connectivity index (χ1n) is 32.0. The highest BCUT2D eigenvalue weighted by Crippen LogP contribution is 2.41. The zero-order valence-electron chi connectivity index (χ0n) is 56.4. The summed E-state index contributed by atoms with van der Waals surface area (Å²) in [4.78, 5) is 60.0. The summed E-state index contributed by atoms with van der Waals surface area (Å²) in [5.74, 6) is 3.21. The average Bonchev–Trinajstić information content (AvgIpc) is 1.63. The number of nitro benzene ring substituents is 3. The minimum Gasteiger partial charge on any atom is -0.398 e. The number of fused-ring (bicyclic) bond motifs is 1. The van der Waals surface area contributed by atoms with Crippen LogP contribution in [0.5, 0.6) is 0 Å². The molecular weight excluding hydrogens is 1770 g/mol. The summed E-state index contributed by atoms with van der Waals surface area (Å²) in [6.45, 7) is 3.83. The highest BCUT2D eigenvalue weighted by atomic mass is 127. The maximum atomic E-state index is 12.6. The van der Waals surface area contributed by atoms with Gasteiger partial charge >= 0.3 is 5.69 Å². The molecule has 5 aromatic carbocycles. The third kappa shape index (κ3) is 26.7. The number of hydrogen-bond acceptors (Lipinski definition) is 17. The Bertz CT molecular complexity index is 4120. The molecule has 24 nitrogen and oxygen atoms in total. The van der Waals surface area contributed by atoms with Crippen molar-refractivity contribution in [2.45, 2.75) is 121 Å². The van der Waals surface area contributed by atoms with Crippen molar-refractivity contribution in [2.75, 3.05) is 59.7 Å². The Balaban J connectivity index is 0.000000189. The van der Waals surface area contributed by atoms with Gasteiger partial charge in [0.1, 0.15) is 17.1 Å². The minimum absolute atomic E-state index is 0.106. The van der Waals surface area contributed by atoms with Gasteiger partial charge in [0.05, 0.1) is 65.9 Å². The lowest BCUT2D eigenvalue weighted by Crippen LogP contribution is -2.37. The largest absolute Gasteiger partial charge is 0.398 e. The number of likely N-dealkylation sites (tertiary alicyclic amines) is 1. The predicted octanol–water partition coefficient (Wildman–Crippen LogP) is 16.8. The molecule has 0 radical (unpaired) electrons. The van der Waals surface area contributed by atoms with Crippen molar-refractivity contribution in [1.29, 1.82) is 0 Å². The van der Waals surface area contributed by atoms with Crippen molar-refractivity contribution in [3.8, 4) is 12.3 Å². The summed E-state index contributed by atoms with van der Waals surface area (Å²) in [6.07, 6.45) is 24.4. The molecule has 7 aromatic rings. The fraction of sp³-hybridized carbons (Fsp3) is 0.420. The van der Waals surface area contributed by atoms with Crippen LogP contribution in [-0.2, 0) is 43.0 Å². The van der Waals surface area contributed by atoms with E-state index in [1.165, 1.54) is 109 Å². The van der Waals surface area contributed by atoms with E-state index in [1.54, 1.807) is 48.0 Å². The fourth-order valence-electron chi connectivity index (χ4n) is 10.2. The molecule has 0 unspecified atom stereocenters. The van der Waals surface area contributed by atoms with Gasteiger partial charge in [-0.1, -0.05) is 64.6 Å². The van der Waals surface area contributed by atoms with Gasteiger partial charge in [0.2, 0.25) is 11.7 Å². The Labute approximate surface area is 656 Å². The van der Waals surface area contributed by atoms with E-state index in [9.17, 15) is 44.3 Å². The molecule has 1 aliphatic heterocycles. The number of nitrogens with one attached hydrogen (secondary N) is 1. The number of halogens is 9. The second kappa shape index (κ2) is 41.2. The monoisotopic (exact) mass is 1840 g/mol. The van der Waals surface area contributed by atoms with Gasteiger partial charge in [0.15, 0.2) is 0 Å². The standard InChI is InChI=1S/C16H21N5O3.C10H8ClIN2.C10H9ClINO2.C10H11ClIN.C10H10ClNO2.C6H3ClFNO2.C4H10O3.C3H7N/c1-5-12-14(15(17)23)16(18-3)21(19-12)10-7-11(9-24-4)20(8-10)13(22)6-2;11-7-3-10-9(4-8(7)12)13-5-14(10)6-1-2-6;11-8-4-7(3-6-1-2-6)10(13(14)15)5-9(8)12;11-8-4-7(3-6-1-2-6)10(13)5-9(8)12;11-9-3-4-10(12(13)14)8(6-9)5-7-1-2-7;7-4-1-2-6(9(10)11)5(8)3-4;1-5-4(6-2)7-3;4-3-1-2-3/h1,6,10-11,18H,2,7-9H2,3-4H3,(H2,17,23);3-6H,1-2H2;4-6H,1-3H2;4-6H,1-3,13H2;3-4,6-7H,1-2,5H2;1-3H;4H,1-3H3;3H,1-2,4H2/t10-,11+;;;;;;;/m0......./s1. The summed E-state index contributed by atoms with van der Waals surface area (Å²) in [5.41, 5.74) is 22.6. The van der Waals surface area contributed by atoms with Crippen LogP contribution in [0.25, 0.3) is 11.0 Å². The van der Waals surface area contributed by atoms with Crippen LogP contribution in [0.1, 0.15) is 115 Å². The second-order valence-corrected chi connectivity index (χ2v) is 30.0. The lowest BCUT2D eigenvalue weighted by atomic mass is 10.1. The molecule has 6 fully saturated rings. The van der Waals surface area contributed by atoms with Crippen molar-refractivity contribution < 1.29 is 47.7 Å². The number of primary amides is 1. The highest BCUT2D eigenvalue weighted by Gasteiger charge is 2.38. The number of carbonyl (C=O) groups is 2. The number of rotatable bonds is 19. The molecule has 550 valence electrons. The van der Waals surface area contributed by atoms with Crippen molar-refractivity contribution in [2.24, 2.45) is 29.2 Å². The van der Waals surface area contributed by atoms with Gasteiger partial charge < -0.3 is 50.9 Å². The number of nitrogens with two attached hydrogens (primary N) is 3. The van der Waals surface area contributed by atoms with E-state index < -0.39 is 28.8 Å². The van der Waals surface area contributed by atoms with Crippen LogP contribution in [0.3, 0.4) is 0 Å². The van der Waals surface area contributed by atoms with Gasteiger partial charge in [-0.3, -0.25) is 39.9 Å². The Hall–Kier alpha value is -5.81. The van der Waals surface area contributed by atoms with Crippen molar-refractivity contribution in [3.63, 3.8) is 0 Å². The molecule has 2 amide bonds. The maximum Gasteiger partial charge on any atom is 0.304 e. The first-order chi connectivity index (χ1) is 48.5. The molecule has 7 N–H and O–H groups in total. The van der Waals surface area contributed by atoms with Gasteiger partial charge in [-0.05, 0) is 248 Å². The lowest BCUT2D eigenvalue weighted by molar-refractivity contribution is -0.387. The molecule has 3 heterocycles. The number of imidazole rings is 1. The minimum atomic E-state index is -0.914. The predicted molar refractivity (Wildman–Crippen MR) is 422 cm³/mol. The molecule has 33 heteroatoms. The number of nitro groups is 3. The zero-order chi connectivity index (χ0) is 75.2. The Morgan fingerprint density at radius 3 is 1.67 bits per heavy atom. The van der Waals surface area contributed by atoms with Crippen molar-refractivity contribution >= 4 is 177 Å². The smallest absolute Gasteiger partial charge is 0.304 e. The summed E-state index contributed by atoms with van der Waals surface area (Å²) < 4.78 is 38.3. The van der Waals surface area contributed by atoms with Crippen LogP contribution < -0.4 is 22.5 Å². The maximum absolute atomic E-state index is 12.6. The van der Waals surface area contributed by atoms with Crippen molar-refractivity contribution in [3.05, 3.63) is 192 Å². The average molecular weight is 1850 g/mol. The van der Waals surface area contributed by atoms with Crippen LogP contribution >= 0.6 is 126 Å². The molecule has 2 aromatic heterocycles. The van der Waals surface area contributed by atoms with Gasteiger partial charge in [0.25, 0.3) is 23.8 Å². The van der Waals surface area contributed by atoms with Crippen LogP contribution in [0.15, 0.2) is 91.8 Å². The normalized spacial score (nSPS) is 16.1. The molecule has 6 aliphatic rings. The Morgan fingerprint density at radius 1 is 0.725 bits per heavy atom. The number of terminal acetylenes is 1. The molecule has 5 saturated carbocycles. The SMILES string of the molecule is C#Cc1nn([C@H]2C[C@H](COC)N(C(=O)C=C)C2)c(NC)c1C(N)=O.COC(OC)OC.Clc1cc2c(cc1I)ncn2C1CC1.NC1CC1.Nc1cc(I)c(Cl)cc1CC1CC1.O=[N+]([O-])c1cc(I)c(Cl)cc1CC1CC1.O=[N+]([O-])c1ccc(Cl)cc1CC1CC1.O=[N+]([O-])c1ccc(Cl)cc1F. The number of benzene rings is 5. The molecular formula is C69H79Cl5FI3N12O12. The van der Waals surface area contributed by atoms with Crippen LogP contribution in [0.2, 0.25) is 25.1 Å². The number of anilines is 2. The molecule has 102 heavy (non-hydrogen) atoms. The third-order valence-electron chi connectivity index (χ3n) is 16.3. The van der Waals surface area contributed by atoms with Crippen LogP contribution in [0, 0.1) is 77.0 Å². The van der Waals surface area contributed by atoms with Crippen LogP contribution in [-0.4, -0.2) is 118 Å². The third-order valence-corrected chi connectivity index (χ3v) is 21.3. The first kappa shape index (κ1) is 85.1. The van der Waals surface area contributed by atoms with E-state index in [0.717, 1.165) is 85.9 Å². The molecule has 1 saturated heterocycles. The fourth-order valence-corrected chi connectivity index (χ4v) is 12.5. The number of aromatic nitrogens is 4. The summed E-state index contributed by atoms with van der Waals surface area (Å²) >= 11 is 35.7. The van der Waals surface area contributed by atoms with E-state index in [-0.39, 0.29) is 55.5 Å². The number of hydrogen-bond donors (Lipinski definition) is 4. The van der Waals surface area contributed by atoms with E-state index in [4.69, 9.17) is 86.4 Å². The number of methoxy groups -OCH3 is 4. The summed E-state index contributed by atoms with van der Waals surface area (Å²) in [6, 6.07) is 20.3. The van der Waals surface area contributed by atoms with Gasteiger partial charge in [0, 0.05) is 110 Å². The molecule has 0 spiro atoms. The molecule has 13 rings (SSSR count). The zero-order valence-corrected chi connectivity index (χ0v) is 66.7. The number of amides is 2. The number of ether oxygens (including phenoxy) is 4. The van der Waals surface area contributed by atoms with Gasteiger partial charge in [-0.25, -0.2) is 9.67 Å². The van der Waals surface area contributed by atoms with Crippen molar-refractivity contribution in [1.82, 2.24) is 24.2 Å². The van der Waals surface area contributed by atoms with E-state index >= 15 is 0 Å². The van der Waals surface area contributed by atoms with Crippen LogP contribution in [0.4, 0.5) is 33.0 Å². The van der Waals surface area contributed by atoms with E-state index in [2.05, 4.69) is 91.9 Å². The molecule has 5 aliphatic carbocycles. The molecule has 2 atom stereocenters. The lowest BCUT2D eigenvalue weighted by Gasteiger charge is -2.22. The second-order valence-electron chi connectivity index (χ2n) is 24.4. The van der Waals surface area contributed by atoms with Gasteiger partial charge in [-0.2, -0.15) is 9.49 Å². The Morgan fingerprint density at radius 2 is 1.22 bits per heavy atom. The molecule has 0 bridgehead atoms. The Kier molecular flexibility index (Phi) is 34.4. The quantitative estimate of drug-likeness (QED) is 0.0111. The number of nitrogens with zero attached hydrogens (tertiary/aromatic N) is 8. The summed E-state index contributed by atoms with van der Waals surface area (Å²) in [5, 5.41) is 41.8. The first-order valence-corrected chi connectivity index (χ1v) is 37.1. The van der Waals surface area contributed by atoms with E-state index in [0.29, 0.717) is 59.4 Å². The van der Waals surface area contributed by atoms with Gasteiger partial charge in [-0.15, -0.1) is 6.42 Å². The highest BCUT2D eigenvalue weighted by molar-refractivity contribution is 14.1. The topological polar surface area (TPSA) is 329 Å². The summed E-state index contributed by atoms with van der Waals surface area (Å²) in [7, 11) is 7.78. The van der Waals surface area contributed by atoms with E-state index in [1.807, 2.05) is 53.2 Å².